The Bertz CT molecular complexity index is 643. The molecule has 0 spiro atoms. The molecule has 0 saturated carbocycles. The lowest BCUT2D eigenvalue weighted by Gasteiger charge is -2.00. The number of aliphatic hydroxyl groups excluding tert-OH is 1. The van der Waals surface area contributed by atoms with E-state index in [2.05, 4.69) is 11.2 Å². The van der Waals surface area contributed by atoms with Crippen molar-refractivity contribution >= 4 is 17.4 Å². The Morgan fingerprint density at radius 1 is 1.11 bits per heavy atom. The molecule has 2 aromatic heterocycles. The van der Waals surface area contributed by atoms with Crippen molar-refractivity contribution in [3.8, 4) is 0 Å². The van der Waals surface area contributed by atoms with Crippen molar-refractivity contribution in [3.63, 3.8) is 0 Å². The van der Waals surface area contributed by atoms with Crippen LogP contribution in [-0.2, 0) is 12.4 Å². The number of aliphatic hydroxyl groups is 1. The van der Waals surface area contributed by atoms with Gasteiger partial charge in [0.25, 0.3) is 0 Å². The molecule has 4 heteroatoms. The predicted octanol–water partition coefficient (Wildman–Crippen LogP) is 3.12. The van der Waals surface area contributed by atoms with Gasteiger partial charge >= 0.3 is 0 Å². The number of hydrogen-bond donors (Lipinski definition) is 1. The fourth-order valence-electron chi connectivity index (χ4n) is 1.91. The van der Waals surface area contributed by atoms with Crippen LogP contribution in [0.2, 0.25) is 0 Å². The maximum absolute atomic E-state index is 9.00. The quantitative estimate of drug-likeness (QED) is 0.740. The van der Waals surface area contributed by atoms with E-state index in [4.69, 9.17) is 5.11 Å². The SMILES string of the molecule is OCc1ccc(SCc2cn3ccccc3n2)cc1. The second-order valence-corrected chi connectivity index (χ2v) is 5.34. The van der Waals surface area contributed by atoms with Crippen molar-refractivity contribution in [1.29, 1.82) is 0 Å². The van der Waals surface area contributed by atoms with Gasteiger partial charge < -0.3 is 9.51 Å². The third kappa shape index (κ3) is 2.80. The van der Waals surface area contributed by atoms with Gasteiger partial charge in [0.1, 0.15) is 5.65 Å². The van der Waals surface area contributed by atoms with Crippen LogP contribution < -0.4 is 0 Å². The zero-order valence-corrected chi connectivity index (χ0v) is 11.2. The van der Waals surface area contributed by atoms with Crippen LogP contribution in [0.25, 0.3) is 5.65 Å². The maximum atomic E-state index is 9.00. The highest BCUT2D eigenvalue weighted by atomic mass is 32.2. The highest BCUT2D eigenvalue weighted by molar-refractivity contribution is 7.98. The molecular formula is C15H14N2OS. The summed E-state index contributed by atoms with van der Waals surface area (Å²) < 4.78 is 2.03. The van der Waals surface area contributed by atoms with Gasteiger partial charge in [0, 0.05) is 23.0 Å². The molecule has 0 fully saturated rings. The Kier molecular flexibility index (Phi) is 3.53. The summed E-state index contributed by atoms with van der Waals surface area (Å²) in [6.07, 6.45) is 4.07. The molecule has 3 nitrogen and oxygen atoms in total. The molecule has 19 heavy (non-hydrogen) atoms. The fraction of sp³-hybridized carbons (Fsp3) is 0.133. The summed E-state index contributed by atoms with van der Waals surface area (Å²) in [7, 11) is 0. The molecule has 1 N–H and O–H groups in total. The molecule has 1 aromatic carbocycles. The molecule has 0 aliphatic heterocycles. The number of fused-ring (bicyclic) bond motifs is 1. The van der Waals surface area contributed by atoms with Gasteiger partial charge in [0.05, 0.1) is 12.3 Å². The van der Waals surface area contributed by atoms with E-state index in [1.807, 2.05) is 53.1 Å². The van der Waals surface area contributed by atoms with Crippen LogP contribution in [0.1, 0.15) is 11.3 Å². The number of thioether (sulfide) groups is 1. The summed E-state index contributed by atoms with van der Waals surface area (Å²) in [6, 6.07) is 14.0. The molecule has 0 saturated heterocycles. The molecule has 0 unspecified atom stereocenters. The Morgan fingerprint density at radius 3 is 2.68 bits per heavy atom. The van der Waals surface area contributed by atoms with Crippen molar-refractivity contribution < 1.29 is 5.11 Å². The van der Waals surface area contributed by atoms with E-state index in [1.54, 1.807) is 11.8 Å². The van der Waals surface area contributed by atoms with Crippen LogP contribution in [0.15, 0.2) is 59.8 Å². The van der Waals surface area contributed by atoms with Gasteiger partial charge in [-0.1, -0.05) is 18.2 Å². The molecule has 0 aliphatic carbocycles. The minimum absolute atomic E-state index is 0.0946. The number of hydrogen-bond acceptors (Lipinski definition) is 3. The summed E-state index contributed by atoms with van der Waals surface area (Å²) in [5, 5.41) is 9.00. The zero-order valence-electron chi connectivity index (χ0n) is 10.4. The van der Waals surface area contributed by atoms with E-state index in [0.717, 1.165) is 22.7 Å². The van der Waals surface area contributed by atoms with Gasteiger partial charge in [-0.15, -0.1) is 11.8 Å². The summed E-state index contributed by atoms with van der Waals surface area (Å²) in [4.78, 5) is 5.75. The normalized spacial score (nSPS) is 11.0. The third-order valence-corrected chi connectivity index (χ3v) is 3.95. The molecule has 0 radical (unpaired) electrons. The first-order valence-electron chi connectivity index (χ1n) is 6.10. The average molecular weight is 270 g/mol. The van der Waals surface area contributed by atoms with Crippen LogP contribution in [0.3, 0.4) is 0 Å². The minimum Gasteiger partial charge on any atom is -0.392 e. The maximum Gasteiger partial charge on any atom is 0.137 e. The molecule has 96 valence electrons. The summed E-state index contributed by atoms with van der Waals surface area (Å²) >= 11 is 1.75. The highest BCUT2D eigenvalue weighted by Gasteiger charge is 2.02. The number of pyridine rings is 1. The van der Waals surface area contributed by atoms with Gasteiger partial charge in [0.2, 0.25) is 0 Å². The smallest absolute Gasteiger partial charge is 0.137 e. The largest absolute Gasteiger partial charge is 0.392 e. The van der Waals surface area contributed by atoms with E-state index in [1.165, 1.54) is 4.90 Å². The average Bonchev–Trinajstić information content (AvgIpc) is 2.88. The molecule has 0 atom stereocenters. The summed E-state index contributed by atoms with van der Waals surface area (Å²) in [5.74, 6) is 0.847. The molecule has 3 aromatic rings. The second-order valence-electron chi connectivity index (χ2n) is 4.29. The van der Waals surface area contributed by atoms with E-state index < -0.39 is 0 Å². The molecule has 3 rings (SSSR count). The van der Waals surface area contributed by atoms with Crippen molar-refractivity contribution in [1.82, 2.24) is 9.38 Å². The molecule has 0 amide bonds. The first-order valence-corrected chi connectivity index (χ1v) is 7.09. The monoisotopic (exact) mass is 270 g/mol. The number of rotatable bonds is 4. The Labute approximate surface area is 115 Å². The van der Waals surface area contributed by atoms with Crippen LogP contribution >= 0.6 is 11.8 Å². The van der Waals surface area contributed by atoms with Gasteiger partial charge in [-0.05, 0) is 29.8 Å². The Balaban J connectivity index is 1.70. The number of aromatic nitrogens is 2. The lowest BCUT2D eigenvalue weighted by molar-refractivity contribution is 0.282. The predicted molar refractivity (Wildman–Crippen MR) is 77.1 cm³/mol. The van der Waals surface area contributed by atoms with Crippen LogP contribution in [0.4, 0.5) is 0 Å². The van der Waals surface area contributed by atoms with Crippen molar-refractivity contribution in [2.24, 2.45) is 0 Å². The molecular weight excluding hydrogens is 256 g/mol. The second kappa shape index (κ2) is 5.47. The number of benzene rings is 1. The Morgan fingerprint density at radius 2 is 1.95 bits per heavy atom. The molecule has 2 heterocycles. The highest BCUT2D eigenvalue weighted by Crippen LogP contribution is 2.22. The van der Waals surface area contributed by atoms with E-state index in [-0.39, 0.29) is 6.61 Å². The molecule has 0 bridgehead atoms. The van der Waals surface area contributed by atoms with Gasteiger partial charge in [0.15, 0.2) is 0 Å². The van der Waals surface area contributed by atoms with Gasteiger partial charge in [-0.2, -0.15) is 0 Å². The topological polar surface area (TPSA) is 37.5 Å². The standard InChI is InChI=1S/C15H14N2OS/c18-10-12-4-6-14(7-5-12)19-11-13-9-17-8-2-1-3-15(17)16-13/h1-9,18H,10-11H2. The van der Waals surface area contributed by atoms with Gasteiger partial charge in [-0.25, -0.2) is 4.98 Å². The van der Waals surface area contributed by atoms with E-state index >= 15 is 0 Å². The fourth-order valence-corrected chi connectivity index (χ4v) is 2.69. The summed E-state index contributed by atoms with van der Waals surface area (Å²) in [6.45, 7) is 0.0946. The van der Waals surface area contributed by atoms with Gasteiger partial charge in [-0.3, -0.25) is 0 Å². The number of imidazole rings is 1. The van der Waals surface area contributed by atoms with E-state index in [9.17, 15) is 0 Å². The van der Waals surface area contributed by atoms with Crippen LogP contribution in [-0.4, -0.2) is 14.5 Å². The lowest BCUT2D eigenvalue weighted by atomic mass is 10.2. The van der Waals surface area contributed by atoms with Crippen LogP contribution in [0, 0.1) is 0 Å². The first-order chi connectivity index (χ1) is 9.35. The summed E-state index contributed by atoms with van der Waals surface area (Å²) in [5.41, 5.74) is 2.99. The van der Waals surface area contributed by atoms with Crippen LogP contribution in [0.5, 0.6) is 0 Å². The van der Waals surface area contributed by atoms with Crippen molar-refractivity contribution in [2.75, 3.05) is 0 Å². The Hall–Kier alpha value is -1.78. The van der Waals surface area contributed by atoms with Crippen molar-refractivity contribution in [3.05, 3.63) is 66.1 Å². The molecule has 0 aliphatic rings. The first kappa shape index (κ1) is 12.3. The van der Waals surface area contributed by atoms with E-state index in [0.29, 0.717) is 0 Å². The third-order valence-electron chi connectivity index (χ3n) is 2.91. The minimum atomic E-state index is 0.0946. The van der Waals surface area contributed by atoms with Crippen molar-refractivity contribution in [2.45, 2.75) is 17.3 Å². The zero-order chi connectivity index (χ0) is 13.1. The lowest BCUT2D eigenvalue weighted by Crippen LogP contribution is -1.83. The number of nitrogens with zero attached hydrogens (tertiary/aromatic N) is 2.